The maximum Gasteiger partial charge on any atom is 0.328 e. The SMILES string of the molecule is CCN1C(=O)C2C(N=C3N(c4ccc(Br)cc4)C(C)=C(C)N32)N(C)C1=O. The fraction of sp³-hybridized carbons (Fsp3) is 0.389. The number of hydrogen-bond acceptors (Lipinski definition) is 5. The monoisotopic (exact) mass is 417 g/mol. The standard InChI is InChI=1S/C18H20BrN5O2/c1-5-22-16(25)14-15(21(4)18(22)26)20-17-23(10(2)11(3)24(14)17)13-8-6-12(19)7-9-13/h6-9,14-15H,5H2,1-4H3. The average molecular weight is 418 g/mol. The lowest BCUT2D eigenvalue weighted by molar-refractivity contribution is -0.136. The molecule has 0 radical (unpaired) electrons. The second kappa shape index (κ2) is 5.84. The van der Waals surface area contributed by atoms with Crippen molar-refractivity contribution in [1.82, 2.24) is 14.7 Å². The summed E-state index contributed by atoms with van der Waals surface area (Å²) in [5.41, 5.74) is 2.98. The third kappa shape index (κ3) is 2.14. The number of imide groups is 1. The summed E-state index contributed by atoms with van der Waals surface area (Å²) in [5, 5.41) is 0. The Kier molecular flexibility index (Phi) is 3.83. The molecule has 26 heavy (non-hydrogen) atoms. The molecule has 8 heteroatoms. The van der Waals surface area contributed by atoms with E-state index in [-0.39, 0.29) is 11.9 Å². The zero-order valence-electron chi connectivity index (χ0n) is 15.1. The lowest BCUT2D eigenvalue weighted by atomic mass is 10.1. The number of allylic oxidation sites excluding steroid dienone is 2. The van der Waals surface area contributed by atoms with Gasteiger partial charge in [0.15, 0.2) is 12.2 Å². The van der Waals surface area contributed by atoms with Gasteiger partial charge in [0, 0.05) is 35.1 Å². The molecule has 0 saturated carbocycles. The quantitative estimate of drug-likeness (QED) is 0.741. The Labute approximate surface area is 160 Å². The van der Waals surface area contributed by atoms with Gasteiger partial charge in [-0.05, 0) is 45.0 Å². The molecule has 1 saturated heterocycles. The Morgan fingerprint density at radius 3 is 2.38 bits per heavy atom. The second-order valence-electron chi connectivity index (χ2n) is 6.62. The van der Waals surface area contributed by atoms with Gasteiger partial charge in [-0.2, -0.15) is 0 Å². The number of rotatable bonds is 2. The fourth-order valence-corrected chi connectivity index (χ4v) is 4.07. The van der Waals surface area contributed by atoms with Gasteiger partial charge < -0.3 is 4.90 Å². The number of likely N-dealkylation sites (N-methyl/N-ethyl adjacent to an activating group) is 2. The number of anilines is 1. The van der Waals surface area contributed by atoms with Crippen molar-refractivity contribution < 1.29 is 9.59 Å². The van der Waals surface area contributed by atoms with Crippen LogP contribution in [0.15, 0.2) is 45.1 Å². The van der Waals surface area contributed by atoms with Crippen molar-refractivity contribution >= 4 is 39.5 Å². The number of amides is 3. The molecule has 3 aliphatic heterocycles. The largest absolute Gasteiger partial charge is 0.328 e. The molecule has 2 atom stereocenters. The van der Waals surface area contributed by atoms with Gasteiger partial charge in [0.1, 0.15) is 0 Å². The number of fused-ring (bicyclic) bond motifs is 3. The van der Waals surface area contributed by atoms with Gasteiger partial charge in [-0.1, -0.05) is 15.9 Å². The molecule has 136 valence electrons. The topological polar surface area (TPSA) is 59.5 Å². The van der Waals surface area contributed by atoms with E-state index in [2.05, 4.69) is 15.9 Å². The molecular weight excluding hydrogens is 398 g/mol. The van der Waals surface area contributed by atoms with Crippen LogP contribution in [0.1, 0.15) is 20.8 Å². The predicted molar refractivity (Wildman–Crippen MR) is 102 cm³/mol. The first-order valence-electron chi connectivity index (χ1n) is 8.55. The number of aliphatic imine (C=N–C) groups is 1. The zero-order chi connectivity index (χ0) is 18.7. The lowest BCUT2D eigenvalue weighted by Crippen LogP contribution is -2.64. The summed E-state index contributed by atoms with van der Waals surface area (Å²) in [4.78, 5) is 37.1. The van der Waals surface area contributed by atoms with Gasteiger partial charge in [-0.25, -0.2) is 9.79 Å². The van der Waals surface area contributed by atoms with Gasteiger partial charge >= 0.3 is 6.03 Å². The highest BCUT2D eigenvalue weighted by molar-refractivity contribution is 9.10. The van der Waals surface area contributed by atoms with E-state index in [4.69, 9.17) is 4.99 Å². The number of carbonyl (C=O) groups is 2. The van der Waals surface area contributed by atoms with Crippen LogP contribution in [0.25, 0.3) is 0 Å². The van der Waals surface area contributed by atoms with Crippen LogP contribution >= 0.6 is 15.9 Å². The highest BCUT2D eigenvalue weighted by Gasteiger charge is 2.55. The molecule has 0 aromatic heterocycles. The summed E-state index contributed by atoms with van der Waals surface area (Å²) in [6.07, 6.45) is -0.506. The normalized spacial score (nSPS) is 25.2. The van der Waals surface area contributed by atoms with E-state index in [1.807, 2.05) is 54.8 Å². The van der Waals surface area contributed by atoms with Crippen LogP contribution in [0.5, 0.6) is 0 Å². The van der Waals surface area contributed by atoms with E-state index in [1.54, 1.807) is 11.9 Å². The Morgan fingerprint density at radius 2 is 1.77 bits per heavy atom. The molecule has 1 aromatic carbocycles. The number of urea groups is 1. The Morgan fingerprint density at radius 1 is 1.12 bits per heavy atom. The third-order valence-corrected chi connectivity index (χ3v) is 5.82. The molecule has 0 aliphatic carbocycles. The van der Waals surface area contributed by atoms with Crippen molar-refractivity contribution in [2.45, 2.75) is 33.0 Å². The van der Waals surface area contributed by atoms with Crippen LogP contribution in [0.2, 0.25) is 0 Å². The Hall–Kier alpha value is -2.35. The minimum atomic E-state index is -0.511. The van der Waals surface area contributed by atoms with Gasteiger partial charge in [0.05, 0.1) is 0 Å². The van der Waals surface area contributed by atoms with Crippen LogP contribution in [-0.2, 0) is 4.79 Å². The Balaban J connectivity index is 1.80. The number of carbonyl (C=O) groups excluding carboxylic acids is 2. The minimum Gasteiger partial charge on any atom is -0.302 e. The molecule has 3 amide bonds. The van der Waals surface area contributed by atoms with Crippen LogP contribution in [0.3, 0.4) is 0 Å². The summed E-state index contributed by atoms with van der Waals surface area (Å²) in [6.45, 7) is 6.18. The molecule has 0 bridgehead atoms. The van der Waals surface area contributed by atoms with E-state index in [0.717, 1.165) is 21.6 Å². The molecule has 4 rings (SSSR count). The zero-order valence-corrected chi connectivity index (χ0v) is 16.7. The first-order chi connectivity index (χ1) is 12.4. The van der Waals surface area contributed by atoms with Crippen molar-refractivity contribution in [3.8, 4) is 0 Å². The molecule has 1 fully saturated rings. The van der Waals surface area contributed by atoms with Crippen molar-refractivity contribution in [2.75, 3.05) is 18.5 Å². The fourth-order valence-electron chi connectivity index (χ4n) is 3.80. The van der Waals surface area contributed by atoms with Gasteiger partial charge in [0.25, 0.3) is 5.91 Å². The van der Waals surface area contributed by atoms with E-state index >= 15 is 0 Å². The average Bonchev–Trinajstić information content (AvgIpc) is 3.11. The van der Waals surface area contributed by atoms with Gasteiger partial charge in [0.2, 0.25) is 5.96 Å². The summed E-state index contributed by atoms with van der Waals surface area (Å²) in [7, 11) is 1.71. The van der Waals surface area contributed by atoms with Crippen molar-refractivity contribution in [3.05, 3.63) is 40.1 Å². The Bertz CT molecular complexity index is 863. The number of benzene rings is 1. The number of halogens is 1. The molecule has 2 unspecified atom stereocenters. The van der Waals surface area contributed by atoms with E-state index in [9.17, 15) is 9.59 Å². The summed E-state index contributed by atoms with van der Waals surface area (Å²) >= 11 is 3.46. The highest BCUT2D eigenvalue weighted by Crippen LogP contribution is 2.40. The smallest absolute Gasteiger partial charge is 0.302 e. The third-order valence-electron chi connectivity index (χ3n) is 5.29. The van der Waals surface area contributed by atoms with Crippen LogP contribution < -0.4 is 4.90 Å². The number of nitrogens with zero attached hydrogens (tertiary/aromatic N) is 5. The highest BCUT2D eigenvalue weighted by atomic mass is 79.9. The van der Waals surface area contributed by atoms with Crippen molar-refractivity contribution in [1.29, 1.82) is 0 Å². The molecule has 0 N–H and O–H groups in total. The van der Waals surface area contributed by atoms with Gasteiger partial charge in [-0.15, -0.1) is 0 Å². The van der Waals surface area contributed by atoms with Crippen molar-refractivity contribution in [3.63, 3.8) is 0 Å². The lowest BCUT2D eigenvalue weighted by Gasteiger charge is -2.40. The number of hydrogen-bond donors (Lipinski definition) is 0. The van der Waals surface area contributed by atoms with Crippen LogP contribution in [0.4, 0.5) is 10.5 Å². The first kappa shape index (κ1) is 17.1. The van der Waals surface area contributed by atoms with E-state index < -0.39 is 12.2 Å². The summed E-state index contributed by atoms with van der Waals surface area (Å²) in [5.74, 6) is 0.507. The summed E-state index contributed by atoms with van der Waals surface area (Å²) in [6, 6.07) is 7.15. The first-order valence-corrected chi connectivity index (χ1v) is 9.34. The summed E-state index contributed by atoms with van der Waals surface area (Å²) < 4.78 is 0.997. The molecule has 3 aliphatic rings. The maximum absolute atomic E-state index is 13.0. The van der Waals surface area contributed by atoms with E-state index in [1.165, 1.54) is 4.90 Å². The molecule has 0 spiro atoms. The van der Waals surface area contributed by atoms with E-state index in [0.29, 0.717) is 12.5 Å². The molecule has 1 aromatic rings. The molecule has 7 nitrogen and oxygen atoms in total. The minimum absolute atomic E-state index is 0.191. The number of guanidine groups is 1. The molecule has 3 heterocycles. The maximum atomic E-state index is 13.0. The van der Waals surface area contributed by atoms with Crippen LogP contribution in [-0.4, -0.2) is 58.4 Å². The van der Waals surface area contributed by atoms with Gasteiger partial charge in [-0.3, -0.25) is 19.5 Å². The molecular formula is C18H20BrN5O2. The van der Waals surface area contributed by atoms with Crippen LogP contribution in [0, 0.1) is 0 Å². The van der Waals surface area contributed by atoms with Crippen molar-refractivity contribution in [2.24, 2.45) is 4.99 Å². The second-order valence-corrected chi connectivity index (χ2v) is 7.53. The predicted octanol–water partition coefficient (Wildman–Crippen LogP) is 2.80.